The molecule has 0 spiro atoms. The lowest BCUT2D eigenvalue weighted by Crippen LogP contribution is -2.49. The first-order valence-electron chi connectivity index (χ1n) is 11.8. The van der Waals surface area contributed by atoms with Gasteiger partial charge in [0.2, 0.25) is 5.95 Å². The number of aromatic nitrogens is 5. The lowest BCUT2D eigenvalue weighted by Gasteiger charge is -2.36. The summed E-state index contributed by atoms with van der Waals surface area (Å²) in [6.45, 7) is 4.59. The Morgan fingerprint density at radius 1 is 1.06 bits per heavy atom. The van der Waals surface area contributed by atoms with Crippen molar-refractivity contribution < 1.29 is 5.11 Å². The van der Waals surface area contributed by atoms with Crippen LogP contribution in [0, 0.1) is 5.41 Å². The molecule has 4 heterocycles. The molecule has 4 aromatic rings. The van der Waals surface area contributed by atoms with Crippen LogP contribution >= 0.6 is 0 Å². The third-order valence-corrected chi connectivity index (χ3v) is 6.55. The van der Waals surface area contributed by atoms with Gasteiger partial charge >= 0.3 is 0 Å². The summed E-state index contributed by atoms with van der Waals surface area (Å²) in [5.41, 5.74) is 3.17. The number of aliphatic imine (C=N–C) groups is 1. The number of nitrogens with one attached hydrogen (secondary N) is 2. The van der Waals surface area contributed by atoms with Crippen LogP contribution < -0.4 is 4.90 Å². The van der Waals surface area contributed by atoms with Crippen molar-refractivity contribution in [2.75, 3.05) is 31.1 Å². The van der Waals surface area contributed by atoms with E-state index in [1.54, 1.807) is 24.0 Å². The van der Waals surface area contributed by atoms with E-state index in [0.29, 0.717) is 37.7 Å². The zero-order chi connectivity index (χ0) is 25.1. The van der Waals surface area contributed by atoms with Crippen LogP contribution in [0.4, 0.5) is 5.95 Å². The van der Waals surface area contributed by atoms with Gasteiger partial charge in [-0.3, -0.25) is 10.1 Å². The molecule has 184 valence electrons. The topological polar surface area (TPSA) is 122 Å². The number of amidine groups is 1. The molecule has 1 aliphatic heterocycles. The van der Waals surface area contributed by atoms with Gasteiger partial charge in [0.15, 0.2) is 5.84 Å². The minimum atomic E-state index is -1.17. The van der Waals surface area contributed by atoms with Crippen LogP contribution in [0.2, 0.25) is 0 Å². The summed E-state index contributed by atoms with van der Waals surface area (Å²) < 4.78 is 1.77. The van der Waals surface area contributed by atoms with Gasteiger partial charge < -0.3 is 19.9 Å². The summed E-state index contributed by atoms with van der Waals surface area (Å²) in [7, 11) is 1.89. The number of benzene rings is 1. The van der Waals surface area contributed by atoms with Crippen molar-refractivity contribution in [3.05, 3.63) is 84.2 Å². The Balaban J connectivity index is 1.26. The molecule has 10 heteroatoms. The van der Waals surface area contributed by atoms with E-state index < -0.39 is 5.60 Å². The van der Waals surface area contributed by atoms with Crippen molar-refractivity contribution in [2.45, 2.75) is 12.5 Å². The minimum Gasteiger partial charge on any atom is -0.381 e. The lowest BCUT2D eigenvalue weighted by molar-refractivity contribution is 0.101. The summed E-state index contributed by atoms with van der Waals surface area (Å²) in [5.74, 6) is 1.36. The number of H-pyrrole nitrogens is 1. The van der Waals surface area contributed by atoms with Crippen molar-refractivity contribution in [1.29, 1.82) is 5.41 Å². The van der Waals surface area contributed by atoms with Crippen LogP contribution in [0.3, 0.4) is 0 Å². The van der Waals surface area contributed by atoms with Crippen LogP contribution in [-0.4, -0.2) is 73.1 Å². The van der Waals surface area contributed by atoms with E-state index in [-0.39, 0.29) is 0 Å². The van der Waals surface area contributed by atoms with Crippen LogP contribution in [0.25, 0.3) is 11.1 Å². The fourth-order valence-electron chi connectivity index (χ4n) is 4.43. The first kappa shape index (κ1) is 23.4. The van der Waals surface area contributed by atoms with Gasteiger partial charge in [-0.1, -0.05) is 30.3 Å². The molecule has 36 heavy (non-hydrogen) atoms. The highest BCUT2D eigenvalue weighted by molar-refractivity contribution is 6.01. The number of nitrogens with zero attached hydrogens (tertiary/aromatic N) is 7. The summed E-state index contributed by atoms with van der Waals surface area (Å²) in [6, 6.07) is 11.6. The number of aryl methyl sites for hydroxylation is 1. The number of hydrogen-bond donors (Lipinski definition) is 3. The highest BCUT2D eigenvalue weighted by Gasteiger charge is 2.28. The molecule has 1 atom stereocenters. The van der Waals surface area contributed by atoms with Gasteiger partial charge in [0.25, 0.3) is 0 Å². The van der Waals surface area contributed by atoms with E-state index in [0.717, 1.165) is 34.6 Å². The van der Waals surface area contributed by atoms with Crippen LogP contribution in [0.15, 0.2) is 72.4 Å². The Morgan fingerprint density at radius 3 is 2.42 bits per heavy atom. The van der Waals surface area contributed by atoms with Gasteiger partial charge in [-0.05, 0) is 18.6 Å². The van der Waals surface area contributed by atoms with E-state index in [1.165, 1.54) is 0 Å². The van der Waals surface area contributed by atoms with Gasteiger partial charge in [-0.25, -0.2) is 15.0 Å². The molecule has 0 bridgehead atoms. The molecule has 0 saturated carbocycles. The predicted octanol–water partition coefficient (Wildman–Crippen LogP) is 2.64. The Morgan fingerprint density at radius 2 is 1.78 bits per heavy atom. The van der Waals surface area contributed by atoms with Crippen molar-refractivity contribution >= 4 is 18.1 Å². The smallest absolute Gasteiger partial charge is 0.225 e. The molecular weight excluding hydrogens is 454 g/mol. The largest absolute Gasteiger partial charge is 0.381 e. The molecule has 1 fully saturated rings. The molecule has 3 aromatic heterocycles. The van der Waals surface area contributed by atoms with Crippen LogP contribution in [0.1, 0.15) is 23.7 Å². The van der Waals surface area contributed by atoms with Crippen molar-refractivity contribution in [3.63, 3.8) is 0 Å². The molecule has 3 N–H and O–H groups in total. The van der Waals surface area contributed by atoms with E-state index in [1.807, 2.05) is 62.0 Å². The first-order chi connectivity index (χ1) is 17.5. The molecule has 1 aliphatic rings. The number of anilines is 1. The number of aliphatic hydroxyl groups is 1. The number of rotatable bonds is 6. The maximum atomic E-state index is 11.0. The molecule has 5 rings (SSSR count). The van der Waals surface area contributed by atoms with Crippen molar-refractivity contribution in [3.8, 4) is 11.1 Å². The van der Waals surface area contributed by atoms with Gasteiger partial charge in [0.05, 0.1) is 11.9 Å². The molecule has 1 aromatic carbocycles. The SMILES string of the molecule is Cn1cc(-c2c[nH]c(/C(=N\C=N)N3CCN(c4ncc([C@](C)(O)c5ccccc5)cn4)CC3)c2)cn1. The van der Waals surface area contributed by atoms with E-state index in [9.17, 15) is 5.11 Å². The fraction of sp³-hybridized carbons (Fsp3) is 0.269. The van der Waals surface area contributed by atoms with Crippen LogP contribution in [0.5, 0.6) is 0 Å². The third-order valence-electron chi connectivity index (χ3n) is 6.55. The summed E-state index contributed by atoms with van der Waals surface area (Å²) >= 11 is 0. The number of piperazine rings is 1. The Kier molecular flexibility index (Phi) is 6.34. The molecule has 0 radical (unpaired) electrons. The van der Waals surface area contributed by atoms with Gasteiger partial charge in [0, 0.05) is 74.7 Å². The third kappa shape index (κ3) is 4.63. The predicted molar refractivity (Wildman–Crippen MR) is 139 cm³/mol. The zero-order valence-electron chi connectivity index (χ0n) is 20.3. The summed E-state index contributed by atoms with van der Waals surface area (Å²) in [4.78, 5) is 21.0. The summed E-state index contributed by atoms with van der Waals surface area (Å²) in [6.07, 6.45) is 10.2. The maximum Gasteiger partial charge on any atom is 0.225 e. The second-order valence-electron chi connectivity index (χ2n) is 8.97. The number of hydrogen-bond acceptors (Lipinski definition) is 6. The quantitative estimate of drug-likeness (QED) is 0.286. The average molecular weight is 484 g/mol. The normalized spacial score (nSPS) is 16.1. The zero-order valence-corrected chi connectivity index (χ0v) is 20.3. The van der Waals surface area contributed by atoms with Crippen molar-refractivity contribution in [1.82, 2.24) is 29.6 Å². The monoisotopic (exact) mass is 483 g/mol. The van der Waals surface area contributed by atoms with Gasteiger partial charge in [-0.15, -0.1) is 0 Å². The average Bonchev–Trinajstić information content (AvgIpc) is 3.57. The van der Waals surface area contributed by atoms with E-state index in [4.69, 9.17) is 5.41 Å². The summed E-state index contributed by atoms with van der Waals surface area (Å²) in [5, 5.41) is 22.9. The highest BCUT2D eigenvalue weighted by atomic mass is 16.3. The Hall–Kier alpha value is -4.31. The molecule has 10 nitrogen and oxygen atoms in total. The van der Waals surface area contributed by atoms with Crippen LogP contribution in [-0.2, 0) is 12.6 Å². The fourth-order valence-corrected chi connectivity index (χ4v) is 4.43. The second kappa shape index (κ2) is 9.74. The van der Waals surface area contributed by atoms with Crippen molar-refractivity contribution in [2.24, 2.45) is 12.0 Å². The minimum absolute atomic E-state index is 0.631. The van der Waals surface area contributed by atoms with Gasteiger partial charge in [0.1, 0.15) is 11.9 Å². The standard InChI is InChI=1S/C26H29N9O/c1-26(36,21-6-4-3-5-7-21)22-15-29-25(30-16-22)35-10-8-34(9-11-35)24(31-18-27)23-12-19(13-28-23)20-14-32-33(2)17-20/h3-7,12-18,27-28,36H,8-11H2,1-2H3/b27-18?,31-24+/t26-/m1/s1. The molecule has 1 saturated heterocycles. The molecule has 0 amide bonds. The number of aromatic amines is 1. The highest BCUT2D eigenvalue weighted by Crippen LogP contribution is 2.28. The molecule has 0 aliphatic carbocycles. The Labute approximate surface area is 209 Å². The van der Waals surface area contributed by atoms with E-state index >= 15 is 0 Å². The molecular formula is C26H29N9O. The molecule has 0 unspecified atom stereocenters. The maximum absolute atomic E-state index is 11.0. The van der Waals surface area contributed by atoms with Gasteiger partial charge in [-0.2, -0.15) is 5.10 Å². The lowest BCUT2D eigenvalue weighted by atomic mass is 9.90. The Bertz CT molecular complexity index is 1350. The first-order valence-corrected chi connectivity index (χ1v) is 11.8. The second-order valence-corrected chi connectivity index (χ2v) is 8.97. The van der Waals surface area contributed by atoms with E-state index in [2.05, 4.69) is 34.8 Å².